The Morgan fingerprint density at radius 3 is 3.05 bits per heavy atom. The fourth-order valence-electron chi connectivity index (χ4n) is 1.71. The first-order valence-electron chi connectivity index (χ1n) is 5.33. The molecule has 0 aliphatic rings. The van der Waals surface area contributed by atoms with Crippen LogP contribution in [-0.2, 0) is 0 Å². The van der Waals surface area contributed by atoms with Gasteiger partial charge in [0.1, 0.15) is 0 Å². The van der Waals surface area contributed by atoms with Crippen LogP contribution in [0, 0.1) is 3.57 Å². The molecule has 0 saturated carbocycles. The molecule has 2 heterocycles. The molecule has 2 N–H and O–H groups in total. The topological polar surface area (TPSA) is 96.5 Å². The third-order valence-electron chi connectivity index (χ3n) is 2.48. The van der Waals surface area contributed by atoms with Crippen LogP contribution in [0.15, 0.2) is 30.5 Å². The Kier molecular flexibility index (Phi) is 3.07. The number of rotatable bonds is 2. The van der Waals surface area contributed by atoms with Gasteiger partial charge in [0.05, 0.1) is 11.1 Å². The Bertz CT molecular complexity index is 742. The van der Waals surface area contributed by atoms with E-state index in [1.165, 1.54) is 0 Å². The van der Waals surface area contributed by atoms with Crippen molar-refractivity contribution in [1.82, 2.24) is 25.6 Å². The number of pyridine rings is 1. The number of fused-ring (bicyclic) bond motifs is 1. The molecule has 94 valence electrons. The number of amides is 1. The highest BCUT2D eigenvalue weighted by Crippen LogP contribution is 2.20. The van der Waals surface area contributed by atoms with Crippen molar-refractivity contribution in [3.63, 3.8) is 0 Å². The van der Waals surface area contributed by atoms with Gasteiger partial charge in [-0.2, -0.15) is 5.21 Å². The highest BCUT2D eigenvalue weighted by Gasteiger charge is 2.14. The van der Waals surface area contributed by atoms with E-state index in [4.69, 9.17) is 0 Å². The summed E-state index contributed by atoms with van der Waals surface area (Å²) >= 11 is 2.16. The summed E-state index contributed by atoms with van der Waals surface area (Å²) in [7, 11) is 0. The summed E-state index contributed by atoms with van der Waals surface area (Å²) < 4.78 is 0.955. The number of nitrogens with zero attached hydrogens (tertiary/aromatic N) is 4. The Balaban J connectivity index is 2.06. The lowest BCUT2D eigenvalue weighted by Crippen LogP contribution is -2.14. The van der Waals surface area contributed by atoms with E-state index in [2.05, 4.69) is 53.5 Å². The van der Waals surface area contributed by atoms with Gasteiger partial charge in [0.2, 0.25) is 0 Å². The summed E-state index contributed by atoms with van der Waals surface area (Å²) in [5.41, 5.74) is 1.12. The van der Waals surface area contributed by atoms with Crippen LogP contribution in [0.2, 0.25) is 0 Å². The molecule has 0 spiro atoms. The number of carbonyl (C=O) groups excluding carboxylic acids is 1. The zero-order chi connectivity index (χ0) is 13.2. The summed E-state index contributed by atoms with van der Waals surface area (Å²) in [5, 5.41) is 16.5. The smallest absolute Gasteiger partial charge is 0.270 e. The lowest BCUT2D eigenvalue weighted by atomic mass is 10.1. The van der Waals surface area contributed by atoms with Crippen molar-refractivity contribution in [3.8, 4) is 0 Å². The molecule has 0 radical (unpaired) electrons. The van der Waals surface area contributed by atoms with Crippen molar-refractivity contribution >= 4 is 45.3 Å². The molecule has 1 amide bonds. The minimum atomic E-state index is -0.316. The van der Waals surface area contributed by atoms with Gasteiger partial charge >= 0.3 is 0 Å². The number of hydrogen-bond acceptors (Lipinski definition) is 5. The number of H-pyrrole nitrogens is 1. The lowest BCUT2D eigenvalue weighted by Gasteiger charge is -2.05. The normalized spacial score (nSPS) is 10.6. The molecule has 0 fully saturated rings. The minimum absolute atomic E-state index is 0.132. The van der Waals surface area contributed by atoms with Gasteiger partial charge in [0, 0.05) is 15.2 Å². The molecule has 0 aliphatic carbocycles. The minimum Gasteiger partial charge on any atom is -0.288 e. The number of tetrazole rings is 1. The summed E-state index contributed by atoms with van der Waals surface area (Å²) in [6.45, 7) is 0. The summed E-state index contributed by atoms with van der Waals surface area (Å²) in [5.74, 6) is -0.184. The van der Waals surface area contributed by atoms with E-state index in [9.17, 15) is 4.79 Å². The van der Waals surface area contributed by atoms with Crippen molar-refractivity contribution in [1.29, 1.82) is 0 Å². The van der Waals surface area contributed by atoms with Crippen LogP contribution in [-0.4, -0.2) is 31.5 Å². The number of aromatic nitrogens is 5. The molecular formula is C11H7IN6O. The number of hydrogen-bond donors (Lipinski definition) is 2. The molecule has 0 aliphatic heterocycles. The second-order valence-electron chi connectivity index (χ2n) is 3.72. The zero-order valence-electron chi connectivity index (χ0n) is 9.46. The van der Waals surface area contributed by atoms with Crippen molar-refractivity contribution in [2.24, 2.45) is 0 Å². The molecule has 8 heteroatoms. The van der Waals surface area contributed by atoms with Gasteiger partial charge in [0.15, 0.2) is 0 Å². The van der Waals surface area contributed by atoms with Gasteiger partial charge in [-0.25, -0.2) is 0 Å². The van der Waals surface area contributed by atoms with E-state index in [1.54, 1.807) is 12.3 Å². The second-order valence-corrected chi connectivity index (χ2v) is 4.96. The predicted octanol–water partition coefficient (Wildman–Crippen LogP) is 1.60. The average molecular weight is 366 g/mol. The van der Waals surface area contributed by atoms with Gasteiger partial charge < -0.3 is 0 Å². The van der Waals surface area contributed by atoms with Crippen LogP contribution >= 0.6 is 22.6 Å². The molecule has 7 nitrogen and oxygen atoms in total. The highest BCUT2D eigenvalue weighted by molar-refractivity contribution is 14.1. The van der Waals surface area contributed by atoms with Crippen LogP contribution in [0.3, 0.4) is 0 Å². The fraction of sp³-hybridized carbons (Fsp3) is 0. The number of halogens is 1. The van der Waals surface area contributed by atoms with E-state index in [1.807, 2.05) is 18.2 Å². The summed E-state index contributed by atoms with van der Waals surface area (Å²) in [6, 6.07) is 7.48. The Hall–Kier alpha value is -2.10. The van der Waals surface area contributed by atoms with E-state index in [0.29, 0.717) is 11.1 Å². The second kappa shape index (κ2) is 4.88. The lowest BCUT2D eigenvalue weighted by molar-refractivity contribution is 0.102. The largest absolute Gasteiger partial charge is 0.288 e. The van der Waals surface area contributed by atoms with Gasteiger partial charge in [-0.05, 0) is 46.0 Å². The number of aromatic amines is 1. The molecule has 3 aromatic rings. The van der Waals surface area contributed by atoms with Crippen LogP contribution < -0.4 is 5.32 Å². The van der Waals surface area contributed by atoms with Gasteiger partial charge in [0.25, 0.3) is 11.9 Å². The van der Waals surface area contributed by atoms with Crippen molar-refractivity contribution < 1.29 is 4.79 Å². The van der Waals surface area contributed by atoms with Gasteiger partial charge in [-0.3, -0.25) is 15.1 Å². The zero-order valence-corrected chi connectivity index (χ0v) is 11.6. The maximum atomic E-state index is 12.2. The van der Waals surface area contributed by atoms with Crippen LogP contribution in [0.25, 0.3) is 10.9 Å². The summed E-state index contributed by atoms with van der Waals surface area (Å²) in [4.78, 5) is 16.4. The highest BCUT2D eigenvalue weighted by atomic mass is 127. The Labute approximate surface area is 121 Å². The molecule has 3 rings (SSSR count). The van der Waals surface area contributed by atoms with E-state index in [0.717, 1.165) is 8.96 Å². The number of carbonyl (C=O) groups is 1. The van der Waals surface area contributed by atoms with E-state index < -0.39 is 0 Å². The van der Waals surface area contributed by atoms with Crippen molar-refractivity contribution in [2.75, 3.05) is 5.32 Å². The average Bonchev–Trinajstić information content (AvgIpc) is 2.90. The monoisotopic (exact) mass is 366 g/mol. The van der Waals surface area contributed by atoms with Crippen LogP contribution in [0.4, 0.5) is 5.95 Å². The summed E-state index contributed by atoms with van der Waals surface area (Å²) in [6.07, 6.45) is 1.65. The van der Waals surface area contributed by atoms with Crippen LogP contribution in [0.5, 0.6) is 0 Å². The third-order valence-corrected chi connectivity index (χ3v) is 3.11. The molecule has 0 unspecified atom stereocenters. The molecule has 0 saturated heterocycles. The fourth-order valence-corrected chi connectivity index (χ4v) is 2.36. The predicted molar refractivity (Wildman–Crippen MR) is 76.6 cm³/mol. The Morgan fingerprint density at radius 1 is 1.37 bits per heavy atom. The standard InChI is InChI=1S/C11H7IN6O/c12-7-4-6-2-1-3-13-9(6)8(5-7)10(19)14-11-15-17-18-16-11/h1-5H,(H2,14,15,16,17,18,19). The molecule has 1 aromatic carbocycles. The van der Waals surface area contributed by atoms with E-state index in [-0.39, 0.29) is 11.9 Å². The molecule has 19 heavy (non-hydrogen) atoms. The van der Waals surface area contributed by atoms with Crippen LogP contribution in [0.1, 0.15) is 10.4 Å². The number of anilines is 1. The molecule has 2 aromatic heterocycles. The number of nitrogens with one attached hydrogen (secondary N) is 2. The molecular weight excluding hydrogens is 359 g/mol. The first-order chi connectivity index (χ1) is 9.24. The maximum Gasteiger partial charge on any atom is 0.270 e. The van der Waals surface area contributed by atoms with Crippen molar-refractivity contribution in [2.45, 2.75) is 0 Å². The molecule has 0 bridgehead atoms. The first kappa shape index (κ1) is 12.0. The third kappa shape index (κ3) is 2.38. The Morgan fingerprint density at radius 2 is 2.26 bits per heavy atom. The van der Waals surface area contributed by atoms with E-state index >= 15 is 0 Å². The quantitative estimate of drug-likeness (QED) is 0.672. The SMILES string of the molecule is O=C(Nc1nn[nH]n1)c1cc(I)cc2cccnc12. The van der Waals surface area contributed by atoms with Gasteiger partial charge in [-0.1, -0.05) is 11.2 Å². The maximum absolute atomic E-state index is 12.2. The number of benzene rings is 1. The van der Waals surface area contributed by atoms with Crippen molar-refractivity contribution in [3.05, 3.63) is 39.6 Å². The molecule has 0 atom stereocenters. The van der Waals surface area contributed by atoms with Gasteiger partial charge in [-0.15, -0.1) is 5.10 Å². The first-order valence-corrected chi connectivity index (χ1v) is 6.41.